The third-order valence-corrected chi connectivity index (χ3v) is 3.69. The van der Waals surface area contributed by atoms with Crippen molar-refractivity contribution in [3.05, 3.63) is 5.82 Å². The van der Waals surface area contributed by atoms with Crippen molar-refractivity contribution in [1.82, 2.24) is 9.36 Å². The fourth-order valence-corrected chi connectivity index (χ4v) is 2.60. The first-order valence-corrected chi connectivity index (χ1v) is 6.81. The van der Waals surface area contributed by atoms with Crippen LogP contribution in [0.25, 0.3) is 0 Å². The summed E-state index contributed by atoms with van der Waals surface area (Å²) in [7, 11) is 0. The van der Waals surface area contributed by atoms with E-state index in [0.29, 0.717) is 12.5 Å². The van der Waals surface area contributed by atoms with Crippen LogP contribution >= 0.6 is 11.5 Å². The smallest absolute Gasteiger partial charge is 0.205 e. The lowest BCUT2D eigenvalue weighted by molar-refractivity contribution is 0.0276. The Hall–Kier alpha value is -0.720. The molecule has 0 aromatic carbocycles. The van der Waals surface area contributed by atoms with E-state index in [-0.39, 0.29) is 12.1 Å². The molecule has 6 heteroatoms. The Morgan fingerprint density at radius 1 is 1.47 bits per heavy atom. The molecule has 0 saturated carbocycles. The van der Waals surface area contributed by atoms with E-state index < -0.39 is 0 Å². The minimum absolute atomic E-state index is 0.0512. The SMILES string of the molecule is CC(C)c1nsc(N2CCOC(C(C)N)C2)n1. The van der Waals surface area contributed by atoms with Gasteiger partial charge in [-0.1, -0.05) is 13.8 Å². The number of ether oxygens (including phenoxy) is 1. The van der Waals surface area contributed by atoms with Gasteiger partial charge in [0.2, 0.25) is 5.13 Å². The summed E-state index contributed by atoms with van der Waals surface area (Å²) in [6.45, 7) is 8.59. The molecule has 0 spiro atoms. The van der Waals surface area contributed by atoms with Gasteiger partial charge in [0.1, 0.15) is 5.82 Å². The van der Waals surface area contributed by atoms with E-state index in [4.69, 9.17) is 10.5 Å². The number of aromatic nitrogens is 2. The predicted molar refractivity (Wildman–Crippen MR) is 69.6 cm³/mol. The van der Waals surface area contributed by atoms with Crippen LogP contribution in [-0.4, -0.2) is 41.2 Å². The highest BCUT2D eigenvalue weighted by molar-refractivity contribution is 7.09. The molecule has 1 aliphatic heterocycles. The van der Waals surface area contributed by atoms with Gasteiger partial charge in [0, 0.05) is 36.6 Å². The zero-order valence-electron chi connectivity index (χ0n) is 10.6. The topological polar surface area (TPSA) is 64.3 Å². The van der Waals surface area contributed by atoms with Gasteiger partial charge in [-0.25, -0.2) is 4.98 Å². The van der Waals surface area contributed by atoms with Crippen LogP contribution in [0.4, 0.5) is 5.13 Å². The summed E-state index contributed by atoms with van der Waals surface area (Å²) in [5.41, 5.74) is 5.88. The third-order valence-electron chi connectivity index (χ3n) is 2.90. The molecule has 1 fully saturated rings. The molecule has 0 radical (unpaired) electrons. The monoisotopic (exact) mass is 256 g/mol. The Kier molecular flexibility index (Phi) is 3.96. The van der Waals surface area contributed by atoms with Gasteiger partial charge in [0.05, 0.1) is 12.7 Å². The number of anilines is 1. The number of nitrogens with two attached hydrogens (primary N) is 1. The summed E-state index contributed by atoms with van der Waals surface area (Å²) in [4.78, 5) is 6.79. The second-order valence-electron chi connectivity index (χ2n) is 4.80. The Labute approximate surface area is 106 Å². The van der Waals surface area contributed by atoms with Gasteiger partial charge in [-0.3, -0.25) is 0 Å². The largest absolute Gasteiger partial charge is 0.373 e. The molecule has 17 heavy (non-hydrogen) atoms. The second kappa shape index (κ2) is 5.29. The van der Waals surface area contributed by atoms with E-state index in [1.807, 2.05) is 6.92 Å². The number of hydrogen-bond donors (Lipinski definition) is 1. The van der Waals surface area contributed by atoms with Gasteiger partial charge in [-0.15, -0.1) is 0 Å². The standard InChI is InChI=1S/C11H20N4OS/c1-7(2)10-13-11(17-14-10)15-4-5-16-9(6-15)8(3)12/h7-9H,4-6,12H2,1-3H3. The Balaban J connectivity index is 2.05. The van der Waals surface area contributed by atoms with E-state index >= 15 is 0 Å². The molecule has 2 atom stereocenters. The molecule has 1 aliphatic rings. The molecule has 2 unspecified atom stereocenters. The average molecular weight is 256 g/mol. The highest BCUT2D eigenvalue weighted by Gasteiger charge is 2.25. The van der Waals surface area contributed by atoms with E-state index in [1.165, 1.54) is 11.5 Å². The maximum atomic E-state index is 5.88. The number of hydrogen-bond acceptors (Lipinski definition) is 6. The van der Waals surface area contributed by atoms with Gasteiger partial charge in [0.25, 0.3) is 0 Å². The lowest BCUT2D eigenvalue weighted by Crippen LogP contribution is -2.49. The number of morpholine rings is 1. The lowest BCUT2D eigenvalue weighted by atomic mass is 10.1. The van der Waals surface area contributed by atoms with Crippen LogP contribution in [0.1, 0.15) is 32.5 Å². The van der Waals surface area contributed by atoms with Gasteiger partial charge in [0.15, 0.2) is 0 Å². The van der Waals surface area contributed by atoms with Crippen LogP contribution in [0.3, 0.4) is 0 Å². The summed E-state index contributed by atoms with van der Waals surface area (Å²) in [5.74, 6) is 1.30. The summed E-state index contributed by atoms with van der Waals surface area (Å²) >= 11 is 1.47. The van der Waals surface area contributed by atoms with Crippen molar-refractivity contribution in [3.63, 3.8) is 0 Å². The second-order valence-corrected chi connectivity index (χ2v) is 5.53. The molecular formula is C11H20N4OS. The van der Waals surface area contributed by atoms with Crippen molar-refractivity contribution >= 4 is 16.7 Å². The highest BCUT2D eigenvalue weighted by Crippen LogP contribution is 2.23. The minimum Gasteiger partial charge on any atom is -0.373 e. The maximum absolute atomic E-state index is 5.88. The molecule has 2 N–H and O–H groups in total. The van der Waals surface area contributed by atoms with Crippen LogP contribution in [0, 0.1) is 0 Å². The molecule has 0 bridgehead atoms. The van der Waals surface area contributed by atoms with Gasteiger partial charge >= 0.3 is 0 Å². The quantitative estimate of drug-likeness (QED) is 0.880. The van der Waals surface area contributed by atoms with E-state index in [0.717, 1.165) is 24.0 Å². The summed E-state index contributed by atoms with van der Waals surface area (Å²) in [6, 6.07) is 0.0512. The van der Waals surface area contributed by atoms with Crippen molar-refractivity contribution in [3.8, 4) is 0 Å². The molecule has 2 rings (SSSR count). The first-order chi connectivity index (χ1) is 8.08. The zero-order valence-corrected chi connectivity index (χ0v) is 11.4. The minimum atomic E-state index is 0.0512. The van der Waals surface area contributed by atoms with Crippen molar-refractivity contribution in [2.45, 2.75) is 38.8 Å². The highest BCUT2D eigenvalue weighted by atomic mass is 32.1. The summed E-state index contributed by atoms with van der Waals surface area (Å²) in [5, 5.41) is 0.989. The average Bonchev–Trinajstić information content (AvgIpc) is 2.78. The van der Waals surface area contributed by atoms with Crippen molar-refractivity contribution in [2.75, 3.05) is 24.6 Å². The first kappa shape index (κ1) is 12.7. The summed E-state index contributed by atoms with van der Waals surface area (Å²) in [6.07, 6.45) is 0.0927. The van der Waals surface area contributed by atoms with Crippen molar-refractivity contribution in [2.24, 2.45) is 5.73 Å². The fraction of sp³-hybridized carbons (Fsp3) is 0.818. The van der Waals surface area contributed by atoms with E-state index in [9.17, 15) is 0 Å². The first-order valence-electron chi connectivity index (χ1n) is 6.03. The molecule has 1 aromatic heterocycles. The molecule has 0 aliphatic carbocycles. The lowest BCUT2D eigenvalue weighted by Gasteiger charge is -2.34. The molecular weight excluding hydrogens is 236 g/mol. The van der Waals surface area contributed by atoms with Crippen LogP contribution in [-0.2, 0) is 4.74 Å². The predicted octanol–water partition coefficient (Wildman–Crippen LogP) is 1.21. The molecule has 96 valence electrons. The molecule has 1 aromatic rings. The molecule has 2 heterocycles. The summed E-state index contributed by atoms with van der Waals surface area (Å²) < 4.78 is 10.0. The van der Waals surface area contributed by atoms with E-state index in [1.54, 1.807) is 0 Å². The maximum Gasteiger partial charge on any atom is 0.205 e. The van der Waals surface area contributed by atoms with Gasteiger partial charge in [-0.2, -0.15) is 4.37 Å². The molecule has 1 saturated heterocycles. The van der Waals surface area contributed by atoms with Crippen LogP contribution in [0.2, 0.25) is 0 Å². The Morgan fingerprint density at radius 2 is 2.24 bits per heavy atom. The Morgan fingerprint density at radius 3 is 2.82 bits per heavy atom. The van der Waals surface area contributed by atoms with Crippen LogP contribution in [0.5, 0.6) is 0 Å². The van der Waals surface area contributed by atoms with Crippen molar-refractivity contribution in [1.29, 1.82) is 0 Å². The number of nitrogens with zero attached hydrogens (tertiary/aromatic N) is 3. The molecule has 0 amide bonds. The normalized spacial score (nSPS) is 23.1. The van der Waals surface area contributed by atoms with Crippen LogP contribution < -0.4 is 10.6 Å². The third kappa shape index (κ3) is 2.94. The zero-order chi connectivity index (χ0) is 12.4. The fourth-order valence-electron chi connectivity index (χ4n) is 1.76. The van der Waals surface area contributed by atoms with Gasteiger partial charge in [-0.05, 0) is 6.92 Å². The number of rotatable bonds is 3. The Bertz CT molecular complexity index is 366. The van der Waals surface area contributed by atoms with Gasteiger partial charge < -0.3 is 15.4 Å². The van der Waals surface area contributed by atoms with E-state index in [2.05, 4.69) is 28.1 Å². The van der Waals surface area contributed by atoms with Crippen molar-refractivity contribution < 1.29 is 4.74 Å². The molecule has 5 nitrogen and oxygen atoms in total. The van der Waals surface area contributed by atoms with Crippen LogP contribution in [0.15, 0.2) is 0 Å².